The van der Waals surface area contributed by atoms with E-state index in [-0.39, 0.29) is 6.61 Å². The summed E-state index contributed by atoms with van der Waals surface area (Å²) in [5.41, 5.74) is 0. The van der Waals surface area contributed by atoms with Crippen LogP contribution in [-0.2, 0) is 13.3 Å². The molecule has 3 atom stereocenters. The van der Waals surface area contributed by atoms with Crippen molar-refractivity contribution < 1.29 is 57.9 Å². The molecule has 0 radical (unpaired) electrons. The van der Waals surface area contributed by atoms with Crippen molar-refractivity contribution in [3.05, 3.63) is 0 Å². The zero-order chi connectivity index (χ0) is 20.6. The van der Waals surface area contributed by atoms with Crippen LogP contribution in [0, 0.1) is 0 Å². The van der Waals surface area contributed by atoms with Gasteiger partial charge in [0.05, 0.1) is 0 Å². The van der Waals surface area contributed by atoms with Crippen LogP contribution in [0.25, 0.3) is 0 Å². The van der Waals surface area contributed by atoms with Gasteiger partial charge in [0, 0.05) is 27.9 Å². The van der Waals surface area contributed by atoms with E-state index in [0.717, 1.165) is 0 Å². The lowest BCUT2D eigenvalue weighted by atomic mass is 10.0. The van der Waals surface area contributed by atoms with Crippen LogP contribution in [0.1, 0.15) is 6.92 Å². The first-order chi connectivity index (χ1) is 11.3. The quantitative estimate of drug-likeness (QED) is 0.466. The van der Waals surface area contributed by atoms with Gasteiger partial charge in [-0.2, -0.15) is 17.6 Å². The number of aliphatic hydroxyl groups excluding tert-OH is 1. The van der Waals surface area contributed by atoms with Crippen molar-refractivity contribution in [1.29, 1.82) is 0 Å². The van der Waals surface area contributed by atoms with Crippen molar-refractivity contribution in [2.75, 3.05) is 27.9 Å². The molecule has 0 amide bonds. The fourth-order valence-corrected chi connectivity index (χ4v) is 3.22. The highest BCUT2D eigenvalue weighted by Crippen LogP contribution is 2.46. The van der Waals surface area contributed by atoms with Crippen LogP contribution in [0.4, 0.5) is 39.5 Å². The number of halogens is 9. The molecule has 1 N–H and O–H groups in total. The summed E-state index contributed by atoms with van der Waals surface area (Å²) in [6, 6.07) is 0. The second-order valence-corrected chi connectivity index (χ2v) is 7.26. The number of rotatable bonds is 9. The Balaban J connectivity index is 0. The van der Waals surface area contributed by atoms with E-state index in [2.05, 4.69) is 13.3 Å². The molecule has 0 saturated heterocycles. The lowest BCUT2D eigenvalue weighted by Crippen LogP contribution is -2.67. The Kier molecular flexibility index (Phi) is 11.2. The molecule has 0 aromatic carbocycles. The molecule has 0 aliphatic heterocycles. The van der Waals surface area contributed by atoms with Gasteiger partial charge in [0.2, 0.25) is 12.0 Å². The average Bonchev–Trinajstić information content (AvgIpc) is 2.55. The van der Waals surface area contributed by atoms with Crippen molar-refractivity contribution in [3.8, 4) is 0 Å². The lowest BCUT2D eigenvalue weighted by Gasteiger charge is -2.36. The normalized spacial score (nSPS) is 16.9. The molecule has 0 heterocycles. The van der Waals surface area contributed by atoms with E-state index in [9.17, 15) is 39.5 Å². The van der Waals surface area contributed by atoms with Gasteiger partial charge in [0.1, 0.15) is 0 Å². The molecule has 4 nitrogen and oxygen atoms in total. The highest BCUT2D eigenvalue weighted by atomic mass is 28.4. The number of alkyl halides is 9. The highest BCUT2D eigenvalue weighted by Gasteiger charge is 2.75. The topological polar surface area (TPSA) is 47.9 Å². The predicted molar refractivity (Wildman–Crippen MR) is 70.1 cm³/mol. The SMILES string of the molecule is CCO.CO[Si](OC)(OC)C(F)C(F)(F)C(F)(F)C(F)C(F)C(F)F. The Bertz CT molecular complexity index is 363. The molecule has 3 unspecified atom stereocenters. The second kappa shape index (κ2) is 10.5. The molecule has 0 bridgehead atoms. The highest BCUT2D eigenvalue weighted by molar-refractivity contribution is 6.62. The fraction of sp³-hybridized carbons (Fsp3) is 1.00. The molecule has 0 rings (SSSR count). The van der Waals surface area contributed by atoms with Gasteiger partial charge in [-0.05, 0) is 6.92 Å². The molecule has 0 spiro atoms. The molecule has 0 saturated carbocycles. The summed E-state index contributed by atoms with van der Waals surface area (Å²) in [5, 5.41) is 7.57. The second-order valence-electron chi connectivity index (χ2n) is 4.32. The van der Waals surface area contributed by atoms with Crippen LogP contribution in [-0.4, -0.2) is 78.3 Å². The Morgan fingerprint density at radius 2 is 1.16 bits per heavy atom. The van der Waals surface area contributed by atoms with E-state index in [0.29, 0.717) is 21.3 Å². The molecular weight excluding hydrogens is 395 g/mol. The minimum absolute atomic E-state index is 0.250. The van der Waals surface area contributed by atoms with E-state index < -0.39 is 45.2 Å². The Morgan fingerprint density at radius 3 is 1.40 bits per heavy atom. The van der Waals surface area contributed by atoms with Crippen molar-refractivity contribution in [2.24, 2.45) is 0 Å². The van der Waals surface area contributed by atoms with Gasteiger partial charge in [-0.3, -0.25) is 0 Å². The Hall–Kier alpha value is -0.573. The van der Waals surface area contributed by atoms with Gasteiger partial charge < -0.3 is 18.4 Å². The standard InChI is InChI=1S/C9H13F9O3Si.C2H6O/c1-19-22(20-2,21-3)7(14)9(17,18)8(15,16)5(11)4(10)6(12)13;1-2-3/h4-7H,1-3H3;3H,2H2,1H3. The van der Waals surface area contributed by atoms with Crippen molar-refractivity contribution in [3.63, 3.8) is 0 Å². The van der Waals surface area contributed by atoms with Crippen LogP contribution in [0.15, 0.2) is 0 Å². The van der Waals surface area contributed by atoms with E-state index >= 15 is 0 Å². The number of hydrogen-bond acceptors (Lipinski definition) is 4. The summed E-state index contributed by atoms with van der Waals surface area (Å²) in [4.78, 5) is 0. The first-order valence-electron chi connectivity index (χ1n) is 6.49. The summed E-state index contributed by atoms with van der Waals surface area (Å²) in [7, 11) is -3.24. The third kappa shape index (κ3) is 5.70. The Morgan fingerprint density at radius 1 is 0.840 bits per heavy atom. The van der Waals surface area contributed by atoms with Crippen molar-refractivity contribution in [2.45, 2.75) is 43.3 Å². The minimum atomic E-state index is -6.10. The predicted octanol–water partition coefficient (Wildman–Crippen LogP) is 2.95. The first kappa shape index (κ1) is 26.7. The Labute approximate surface area is 139 Å². The van der Waals surface area contributed by atoms with E-state index in [1.165, 1.54) is 0 Å². The summed E-state index contributed by atoms with van der Waals surface area (Å²) in [6.45, 7) is 1.93. The molecule has 25 heavy (non-hydrogen) atoms. The van der Waals surface area contributed by atoms with E-state index in [1.807, 2.05) is 0 Å². The zero-order valence-corrected chi connectivity index (χ0v) is 14.6. The maximum Gasteiger partial charge on any atom is 0.543 e. The van der Waals surface area contributed by atoms with Crippen molar-refractivity contribution in [1.82, 2.24) is 0 Å². The van der Waals surface area contributed by atoms with Crippen LogP contribution in [0.2, 0.25) is 0 Å². The lowest BCUT2D eigenvalue weighted by molar-refractivity contribution is -0.272. The smallest absolute Gasteiger partial charge is 0.397 e. The van der Waals surface area contributed by atoms with E-state index in [1.54, 1.807) is 6.92 Å². The van der Waals surface area contributed by atoms with Crippen LogP contribution in [0.5, 0.6) is 0 Å². The van der Waals surface area contributed by atoms with E-state index in [4.69, 9.17) is 5.11 Å². The van der Waals surface area contributed by atoms with Crippen LogP contribution < -0.4 is 0 Å². The largest absolute Gasteiger partial charge is 0.543 e. The first-order valence-corrected chi connectivity index (χ1v) is 8.29. The van der Waals surface area contributed by atoms with Gasteiger partial charge in [-0.15, -0.1) is 0 Å². The maximum atomic E-state index is 13.8. The summed E-state index contributed by atoms with van der Waals surface area (Å²) >= 11 is 0. The number of aliphatic hydroxyl groups is 1. The van der Waals surface area contributed by atoms with Gasteiger partial charge in [-0.25, -0.2) is 22.0 Å². The van der Waals surface area contributed by atoms with Crippen LogP contribution >= 0.6 is 0 Å². The van der Waals surface area contributed by atoms with Crippen molar-refractivity contribution >= 4 is 8.80 Å². The summed E-state index contributed by atoms with van der Waals surface area (Å²) in [5.74, 6) is -16.1. The molecule has 0 aromatic rings. The maximum absolute atomic E-state index is 13.8. The van der Waals surface area contributed by atoms with Gasteiger partial charge in [-0.1, -0.05) is 0 Å². The third-order valence-corrected chi connectivity index (χ3v) is 5.48. The molecule has 0 fully saturated rings. The molecule has 0 aliphatic carbocycles. The monoisotopic (exact) mass is 414 g/mol. The van der Waals surface area contributed by atoms with Gasteiger partial charge in [0.25, 0.3) is 6.43 Å². The average molecular weight is 414 g/mol. The summed E-state index contributed by atoms with van der Waals surface area (Å²) in [6.07, 6.45) is -13.2. The molecule has 14 heteroatoms. The molecular formula is C11H19F9O4Si. The molecule has 154 valence electrons. The summed E-state index contributed by atoms with van der Waals surface area (Å²) < 4.78 is 130. The fourth-order valence-electron chi connectivity index (χ4n) is 1.46. The third-order valence-electron chi connectivity index (χ3n) is 2.79. The van der Waals surface area contributed by atoms with Crippen LogP contribution in [0.3, 0.4) is 0 Å². The minimum Gasteiger partial charge on any atom is -0.397 e. The molecule has 0 aromatic heterocycles. The van der Waals surface area contributed by atoms with Gasteiger partial charge >= 0.3 is 20.6 Å². The zero-order valence-electron chi connectivity index (χ0n) is 13.6. The molecule has 0 aliphatic rings. The number of hydrogen-bond donors (Lipinski definition) is 1. The van der Waals surface area contributed by atoms with Gasteiger partial charge in [0.15, 0.2) is 6.17 Å².